The quantitative estimate of drug-likeness (QED) is 0.785. The van der Waals surface area contributed by atoms with E-state index in [0.717, 1.165) is 30.1 Å². The fraction of sp³-hybridized carbons (Fsp3) is 0.950. The van der Waals surface area contributed by atoms with Gasteiger partial charge in [0.05, 0.1) is 0 Å². The van der Waals surface area contributed by atoms with Crippen molar-refractivity contribution in [2.24, 2.45) is 46.2 Å². The number of hydrogen-bond acceptors (Lipinski definition) is 1. The lowest BCUT2D eigenvalue weighted by Gasteiger charge is -2.61. The van der Waals surface area contributed by atoms with E-state index >= 15 is 0 Å². The summed E-state index contributed by atoms with van der Waals surface area (Å²) in [7, 11) is 0. The van der Waals surface area contributed by atoms with Gasteiger partial charge >= 0.3 is 0 Å². The van der Waals surface area contributed by atoms with Crippen molar-refractivity contribution in [3.63, 3.8) is 0 Å². The van der Waals surface area contributed by atoms with Crippen LogP contribution in [0.1, 0.15) is 79.1 Å². The molecular weight excluding hydrogens is 270 g/mol. The first-order valence-corrected chi connectivity index (χ1v) is 9.59. The van der Waals surface area contributed by atoms with Crippen molar-refractivity contribution in [2.45, 2.75) is 79.1 Å². The van der Waals surface area contributed by atoms with E-state index in [1.54, 1.807) is 0 Å². The van der Waals surface area contributed by atoms with Crippen LogP contribution in [0.5, 0.6) is 0 Å². The summed E-state index contributed by atoms with van der Waals surface area (Å²) in [6, 6.07) is 0. The number of rotatable bonds is 2. The standard InChI is InChI=1S/C20H35NO/c1-13(2)14-6-8-16-15(12-14)7-9-17-19(16,3)10-5-11-20(17,4)18(21)22/h13-17H,5-12H2,1-4H3,(H2,21,22)/t14?,15?,16-,17+,19+,20+/m0/s1. The third-order valence-electron chi connectivity index (χ3n) is 8.18. The maximum absolute atomic E-state index is 12.2. The highest BCUT2D eigenvalue weighted by molar-refractivity contribution is 5.81. The normalized spacial score (nSPS) is 48.6. The SMILES string of the molecule is CC(C)C1CC[C@H]2C(CC[C@@H]3[C@]2(C)CCC[C@@]3(C)C(N)=O)C1. The maximum atomic E-state index is 12.2. The van der Waals surface area contributed by atoms with Gasteiger partial charge in [0.25, 0.3) is 0 Å². The van der Waals surface area contributed by atoms with Gasteiger partial charge in [-0.1, -0.05) is 34.1 Å². The van der Waals surface area contributed by atoms with E-state index in [1.807, 2.05) is 0 Å². The predicted molar refractivity (Wildman–Crippen MR) is 91.1 cm³/mol. The molecule has 22 heavy (non-hydrogen) atoms. The number of amides is 1. The molecular formula is C20H35NO. The summed E-state index contributed by atoms with van der Waals surface area (Å²) in [6.45, 7) is 9.45. The van der Waals surface area contributed by atoms with Gasteiger partial charge in [0, 0.05) is 5.41 Å². The average molecular weight is 306 g/mol. The van der Waals surface area contributed by atoms with E-state index in [4.69, 9.17) is 5.73 Å². The van der Waals surface area contributed by atoms with Crippen molar-refractivity contribution >= 4 is 5.91 Å². The van der Waals surface area contributed by atoms with Gasteiger partial charge in [-0.15, -0.1) is 0 Å². The second-order valence-electron chi connectivity index (χ2n) is 9.45. The Labute approximate surface area is 136 Å². The zero-order valence-corrected chi connectivity index (χ0v) is 15.0. The lowest BCUT2D eigenvalue weighted by molar-refractivity contribution is -0.154. The lowest BCUT2D eigenvalue weighted by Crippen LogP contribution is -2.57. The Hall–Kier alpha value is -0.530. The molecule has 0 aromatic heterocycles. The Morgan fingerprint density at radius 1 is 1.09 bits per heavy atom. The zero-order valence-electron chi connectivity index (χ0n) is 15.0. The molecule has 1 amide bonds. The minimum atomic E-state index is -0.257. The van der Waals surface area contributed by atoms with Crippen LogP contribution in [-0.4, -0.2) is 5.91 Å². The highest BCUT2D eigenvalue weighted by atomic mass is 16.1. The topological polar surface area (TPSA) is 43.1 Å². The van der Waals surface area contributed by atoms with Crippen LogP contribution in [0.15, 0.2) is 0 Å². The van der Waals surface area contributed by atoms with Gasteiger partial charge in [0.1, 0.15) is 0 Å². The number of hydrogen-bond donors (Lipinski definition) is 1. The summed E-state index contributed by atoms with van der Waals surface area (Å²) in [4.78, 5) is 12.2. The zero-order chi connectivity index (χ0) is 16.1. The van der Waals surface area contributed by atoms with Crippen LogP contribution in [0, 0.1) is 40.4 Å². The predicted octanol–water partition coefficient (Wildman–Crippen LogP) is 4.77. The van der Waals surface area contributed by atoms with Crippen LogP contribution >= 0.6 is 0 Å². The van der Waals surface area contributed by atoms with E-state index in [1.165, 1.54) is 44.9 Å². The molecule has 2 heteroatoms. The molecule has 0 aromatic rings. The Balaban J connectivity index is 1.86. The summed E-state index contributed by atoms with van der Waals surface area (Å²) in [5, 5.41) is 0. The third-order valence-corrected chi connectivity index (χ3v) is 8.18. The van der Waals surface area contributed by atoms with Crippen molar-refractivity contribution in [2.75, 3.05) is 0 Å². The van der Waals surface area contributed by atoms with Crippen molar-refractivity contribution < 1.29 is 4.79 Å². The van der Waals surface area contributed by atoms with Crippen molar-refractivity contribution in [3.8, 4) is 0 Å². The summed E-state index contributed by atoms with van der Waals surface area (Å²) in [6.07, 6.45) is 10.3. The number of carbonyl (C=O) groups is 1. The van der Waals surface area contributed by atoms with Crippen LogP contribution < -0.4 is 5.73 Å². The Morgan fingerprint density at radius 2 is 1.82 bits per heavy atom. The van der Waals surface area contributed by atoms with Crippen LogP contribution in [0.25, 0.3) is 0 Å². The lowest BCUT2D eigenvalue weighted by atomic mass is 9.43. The first kappa shape index (κ1) is 16.3. The molecule has 0 bridgehead atoms. The molecule has 3 aliphatic rings. The summed E-state index contributed by atoms with van der Waals surface area (Å²) >= 11 is 0. The molecule has 0 spiro atoms. The smallest absolute Gasteiger partial charge is 0.223 e. The molecule has 0 aliphatic heterocycles. The maximum Gasteiger partial charge on any atom is 0.223 e. The molecule has 2 N–H and O–H groups in total. The van der Waals surface area contributed by atoms with Gasteiger partial charge in [-0.05, 0) is 80.0 Å². The number of fused-ring (bicyclic) bond motifs is 3. The second kappa shape index (κ2) is 5.53. The molecule has 0 heterocycles. The molecule has 3 saturated carbocycles. The van der Waals surface area contributed by atoms with E-state index in [9.17, 15) is 4.79 Å². The Bertz CT molecular complexity index is 445. The van der Waals surface area contributed by atoms with Gasteiger partial charge in [-0.25, -0.2) is 0 Å². The molecule has 2 unspecified atom stereocenters. The highest BCUT2D eigenvalue weighted by Gasteiger charge is 2.58. The van der Waals surface area contributed by atoms with Crippen molar-refractivity contribution in [1.29, 1.82) is 0 Å². The molecule has 6 atom stereocenters. The first-order valence-electron chi connectivity index (χ1n) is 9.59. The van der Waals surface area contributed by atoms with Crippen molar-refractivity contribution in [1.82, 2.24) is 0 Å². The van der Waals surface area contributed by atoms with Gasteiger partial charge in [0.2, 0.25) is 5.91 Å². The minimum absolute atomic E-state index is 0.0438. The molecule has 0 aromatic carbocycles. The largest absolute Gasteiger partial charge is 0.369 e. The van der Waals surface area contributed by atoms with Gasteiger partial charge in [-0.3, -0.25) is 4.79 Å². The average Bonchev–Trinajstić information content (AvgIpc) is 2.46. The monoisotopic (exact) mass is 305 g/mol. The molecule has 3 aliphatic carbocycles. The summed E-state index contributed by atoms with van der Waals surface area (Å²) in [5.74, 6) is 3.96. The molecule has 3 rings (SSSR count). The van der Waals surface area contributed by atoms with E-state index in [0.29, 0.717) is 11.3 Å². The van der Waals surface area contributed by atoms with Gasteiger partial charge in [0.15, 0.2) is 0 Å². The third kappa shape index (κ3) is 2.32. The van der Waals surface area contributed by atoms with Gasteiger partial charge in [-0.2, -0.15) is 0 Å². The van der Waals surface area contributed by atoms with Crippen LogP contribution in [0.2, 0.25) is 0 Å². The molecule has 0 saturated heterocycles. The van der Waals surface area contributed by atoms with Crippen LogP contribution in [-0.2, 0) is 4.79 Å². The van der Waals surface area contributed by atoms with Crippen LogP contribution in [0.4, 0.5) is 0 Å². The molecule has 126 valence electrons. The highest BCUT2D eigenvalue weighted by Crippen LogP contribution is 2.64. The first-order chi connectivity index (χ1) is 10.3. The van der Waals surface area contributed by atoms with E-state index in [2.05, 4.69) is 27.7 Å². The summed E-state index contributed by atoms with van der Waals surface area (Å²) < 4.78 is 0. The minimum Gasteiger partial charge on any atom is -0.369 e. The van der Waals surface area contributed by atoms with E-state index < -0.39 is 0 Å². The van der Waals surface area contributed by atoms with E-state index in [-0.39, 0.29) is 11.3 Å². The van der Waals surface area contributed by atoms with Crippen LogP contribution in [0.3, 0.4) is 0 Å². The number of carbonyl (C=O) groups excluding carboxylic acids is 1. The fourth-order valence-corrected chi connectivity index (χ4v) is 6.77. The Morgan fingerprint density at radius 3 is 2.45 bits per heavy atom. The fourth-order valence-electron chi connectivity index (χ4n) is 6.77. The molecule has 2 nitrogen and oxygen atoms in total. The summed E-state index contributed by atoms with van der Waals surface area (Å²) in [5.41, 5.74) is 5.96. The van der Waals surface area contributed by atoms with Gasteiger partial charge < -0.3 is 5.73 Å². The second-order valence-corrected chi connectivity index (χ2v) is 9.45. The Kier molecular flexibility index (Phi) is 4.10. The number of primary amides is 1. The molecule has 0 radical (unpaired) electrons. The van der Waals surface area contributed by atoms with Crippen molar-refractivity contribution in [3.05, 3.63) is 0 Å². The molecule has 3 fully saturated rings. The number of nitrogens with two attached hydrogens (primary N) is 1.